The molecule has 0 spiro atoms. The summed E-state index contributed by atoms with van der Waals surface area (Å²) in [6.45, 7) is 11.6. The molecule has 3 aliphatic rings. The molecule has 0 saturated carbocycles. The lowest BCUT2D eigenvalue weighted by Crippen LogP contribution is -2.44. The number of amides is 1. The SMILES string of the molecule is C[C@@H]1C[C@@H](C)CN(CCCNC(=O)[C@H]2CCCN(c3ncnc4c3nc3n4CCCCC3)C2)C1. The fraction of sp³-hybridized carbons (Fsp3) is 0.769. The molecule has 2 fully saturated rings. The highest BCUT2D eigenvalue weighted by Crippen LogP contribution is 2.29. The summed E-state index contributed by atoms with van der Waals surface area (Å²) >= 11 is 0. The molecule has 5 heterocycles. The number of piperidine rings is 2. The number of rotatable bonds is 6. The molecule has 0 unspecified atom stereocenters. The van der Waals surface area contributed by atoms with Crippen molar-refractivity contribution in [3.05, 3.63) is 12.2 Å². The van der Waals surface area contributed by atoms with Crippen LogP contribution in [0.1, 0.15) is 64.6 Å². The summed E-state index contributed by atoms with van der Waals surface area (Å²) in [7, 11) is 0. The van der Waals surface area contributed by atoms with E-state index in [4.69, 9.17) is 4.98 Å². The van der Waals surface area contributed by atoms with Crippen molar-refractivity contribution in [2.75, 3.05) is 44.2 Å². The van der Waals surface area contributed by atoms with Gasteiger partial charge in [-0.2, -0.15) is 0 Å². The molecule has 5 rings (SSSR count). The van der Waals surface area contributed by atoms with Crippen LogP contribution in [0.3, 0.4) is 0 Å². The summed E-state index contributed by atoms with van der Waals surface area (Å²) in [5.74, 6) is 3.80. The van der Waals surface area contributed by atoms with Crippen molar-refractivity contribution in [3.8, 4) is 0 Å². The molecule has 0 aromatic carbocycles. The molecule has 3 atom stereocenters. The minimum atomic E-state index is 0.00855. The molecule has 34 heavy (non-hydrogen) atoms. The highest BCUT2D eigenvalue weighted by Gasteiger charge is 2.29. The van der Waals surface area contributed by atoms with Gasteiger partial charge in [-0.25, -0.2) is 15.0 Å². The van der Waals surface area contributed by atoms with E-state index in [2.05, 4.69) is 43.5 Å². The average molecular weight is 468 g/mol. The van der Waals surface area contributed by atoms with Crippen LogP contribution in [0.25, 0.3) is 11.2 Å². The van der Waals surface area contributed by atoms with E-state index in [9.17, 15) is 4.79 Å². The van der Waals surface area contributed by atoms with Crippen molar-refractivity contribution in [1.29, 1.82) is 0 Å². The van der Waals surface area contributed by atoms with E-state index < -0.39 is 0 Å². The lowest BCUT2D eigenvalue weighted by molar-refractivity contribution is -0.125. The van der Waals surface area contributed by atoms with Gasteiger partial charge in [-0.15, -0.1) is 0 Å². The van der Waals surface area contributed by atoms with Gasteiger partial charge in [-0.05, 0) is 56.9 Å². The second kappa shape index (κ2) is 10.6. The van der Waals surface area contributed by atoms with Crippen molar-refractivity contribution >= 4 is 22.9 Å². The molecule has 8 nitrogen and oxygen atoms in total. The zero-order valence-electron chi connectivity index (χ0n) is 21.0. The smallest absolute Gasteiger partial charge is 0.224 e. The minimum Gasteiger partial charge on any atom is -0.356 e. The van der Waals surface area contributed by atoms with Gasteiger partial charge in [0.1, 0.15) is 12.2 Å². The fourth-order valence-electron chi connectivity index (χ4n) is 6.37. The number of fused-ring (bicyclic) bond motifs is 3. The van der Waals surface area contributed by atoms with Gasteiger partial charge >= 0.3 is 0 Å². The minimum absolute atomic E-state index is 0.00855. The fourth-order valence-corrected chi connectivity index (χ4v) is 6.37. The highest BCUT2D eigenvalue weighted by atomic mass is 16.1. The van der Waals surface area contributed by atoms with E-state index in [1.807, 2.05) is 0 Å². The van der Waals surface area contributed by atoms with Gasteiger partial charge in [-0.1, -0.05) is 20.3 Å². The van der Waals surface area contributed by atoms with Crippen LogP contribution in [0.15, 0.2) is 6.33 Å². The molecule has 2 saturated heterocycles. The van der Waals surface area contributed by atoms with Crippen LogP contribution >= 0.6 is 0 Å². The summed E-state index contributed by atoms with van der Waals surface area (Å²) < 4.78 is 2.28. The number of hydrogen-bond acceptors (Lipinski definition) is 6. The Morgan fingerprint density at radius 2 is 1.91 bits per heavy atom. The number of nitrogens with one attached hydrogen (secondary N) is 1. The van der Waals surface area contributed by atoms with Crippen LogP contribution in [0.5, 0.6) is 0 Å². The molecule has 3 aliphatic heterocycles. The molecule has 0 radical (unpaired) electrons. The Kier molecular flexibility index (Phi) is 7.32. The molecular weight excluding hydrogens is 426 g/mol. The van der Waals surface area contributed by atoms with Crippen molar-refractivity contribution < 1.29 is 4.79 Å². The van der Waals surface area contributed by atoms with Gasteiger partial charge < -0.3 is 19.7 Å². The van der Waals surface area contributed by atoms with E-state index in [1.165, 1.54) is 38.8 Å². The molecule has 1 amide bonds. The van der Waals surface area contributed by atoms with Gasteiger partial charge in [0.2, 0.25) is 5.91 Å². The molecule has 186 valence electrons. The number of aryl methyl sites for hydroxylation is 2. The summed E-state index contributed by atoms with van der Waals surface area (Å²) in [6, 6.07) is 0. The zero-order valence-corrected chi connectivity index (χ0v) is 21.0. The third-order valence-electron chi connectivity index (χ3n) is 7.86. The predicted molar refractivity (Wildman–Crippen MR) is 135 cm³/mol. The standard InChI is InChI=1S/C26H41N7O/c1-19-14-20(2)16-31(15-19)11-7-10-27-26(34)21-8-6-12-32(17-21)24-23-25(29-18-28-24)33-13-5-3-4-9-22(33)30-23/h18-21H,3-17H2,1-2H3,(H,27,34)/t19-,20-,21+/m1/s1. The first-order chi connectivity index (χ1) is 16.6. The molecule has 8 heteroatoms. The molecule has 2 aromatic heterocycles. The quantitative estimate of drug-likeness (QED) is 0.657. The van der Waals surface area contributed by atoms with Gasteiger partial charge in [0.15, 0.2) is 17.0 Å². The lowest BCUT2D eigenvalue weighted by Gasteiger charge is -2.35. The van der Waals surface area contributed by atoms with E-state index in [0.29, 0.717) is 6.54 Å². The Labute approximate surface area is 203 Å². The van der Waals surface area contributed by atoms with Gasteiger partial charge in [-0.3, -0.25) is 4.79 Å². The van der Waals surface area contributed by atoms with E-state index in [-0.39, 0.29) is 11.8 Å². The monoisotopic (exact) mass is 467 g/mol. The lowest BCUT2D eigenvalue weighted by atomic mass is 9.92. The largest absolute Gasteiger partial charge is 0.356 e. The van der Waals surface area contributed by atoms with Gasteiger partial charge in [0.25, 0.3) is 0 Å². The maximum Gasteiger partial charge on any atom is 0.224 e. The summed E-state index contributed by atoms with van der Waals surface area (Å²) in [6.07, 6.45) is 10.6. The van der Waals surface area contributed by atoms with Gasteiger partial charge in [0, 0.05) is 45.7 Å². The zero-order chi connectivity index (χ0) is 23.5. The Morgan fingerprint density at radius 1 is 1.06 bits per heavy atom. The second-order valence-corrected chi connectivity index (χ2v) is 11.0. The maximum absolute atomic E-state index is 13.0. The molecule has 0 aliphatic carbocycles. The van der Waals surface area contributed by atoms with Crippen LogP contribution in [-0.2, 0) is 17.8 Å². The summed E-state index contributed by atoms with van der Waals surface area (Å²) in [4.78, 5) is 32.0. The summed E-state index contributed by atoms with van der Waals surface area (Å²) in [5.41, 5.74) is 1.86. The van der Waals surface area contributed by atoms with E-state index >= 15 is 0 Å². The Hall–Kier alpha value is -2.22. The molecular formula is C26H41N7O. The van der Waals surface area contributed by atoms with Crippen molar-refractivity contribution in [3.63, 3.8) is 0 Å². The van der Waals surface area contributed by atoms with E-state index in [1.54, 1.807) is 6.33 Å². The highest BCUT2D eigenvalue weighted by molar-refractivity contribution is 5.85. The second-order valence-electron chi connectivity index (χ2n) is 11.0. The number of likely N-dealkylation sites (tertiary alicyclic amines) is 1. The van der Waals surface area contributed by atoms with Crippen LogP contribution in [-0.4, -0.2) is 69.6 Å². The molecule has 0 bridgehead atoms. The van der Waals surface area contributed by atoms with Crippen LogP contribution < -0.4 is 10.2 Å². The normalized spacial score (nSPS) is 26.3. The van der Waals surface area contributed by atoms with Crippen molar-refractivity contribution in [2.24, 2.45) is 17.8 Å². The van der Waals surface area contributed by atoms with Crippen molar-refractivity contribution in [1.82, 2.24) is 29.7 Å². The first-order valence-electron chi connectivity index (χ1n) is 13.5. The maximum atomic E-state index is 13.0. The average Bonchev–Trinajstić information content (AvgIpc) is 3.02. The first kappa shape index (κ1) is 23.5. The van der Waals surface area contributed by atoms with Crippen LogP contribution in [0, 0.1) is 17.8 Å². The number of aromatic nitrogens is 4. The number of anilines is 1. The number of carbonyl (C=O) groups is 1. The number of carbonyl (C=O) groups excluding carboxylic acids is 1. The van der Waals surface area contributed by atoms with E-state index in [0.717, 1.165) is 86.5 Å². The Balaban J connectivity index is 1.17. The van der Waals surface area contributed by atoms with Gasteiger partial charge in [0.05, 0.1) is 5.92 Å². The third kappa shape index (κ3) is 5.21. The molecule has 2 aromatic rings. The summed E-state index contributed by atoms with van der Waals surface area (Å²) in [5, 5.41) is 3.23. The van der Waals surface area contributed by atoms with Crippen molar-refractivity contribution in [2.45, 2.75) is 71.8 Å². The van der Waals surface area contributed by atoms with Crippen LogP contribution in [0.4, 0.5) is 5.82 Å². The topological polar surface area (TPSA) is 79.2 Å². The predicted octanol–water partition coefficient (Wildman–Crippen LogP) is 3.25. The molecule has 1 N–H and O–H groups in total. The number of nitrogens with zero attached hydrogens (tertiary/aromatic N) is 6. The number of imidazole rings is 1. The Bertz CT molecular complexity index is 979. The van der Waals surface area contributed by atoms with Crippen LogP contribution in [0.2, 0.25) is 0 Å². The number of hydrogen-bond donors (Lipinski definition) is 1. The Morgan fingerprint density at radius 3 is 2.76 bits per heavy atom. The first-order valence-corrected chi connectivity index (χ1v) is 13.5. The third-order valence-corrected chi connectivity index (χ3v) is 7.86.